The highest BCUT2D eigenvalue weighted by molar-refractivity contribution is 8.00. The minimum Gasteiger partial charge on any atom is -0.503 e. The molecule has 3 aliphatic heterocycles. The van der Waals surface area contributed by atoms with Gasteiger partial charge in [-0.05, 0) is 12.5 Å². The second-order valence-electron chi connectivity index (χ2n) is 11.2. The minimum atomic E-state index is -1.46. The van der Waals surface area contributed by atoms with Gasteiger partial charge < -0.3 is 57.7 Å². The molecular weight excluding hydrogens is 766 g/mol. The number of aliphatic carboxylic acids is 2. The van der Waals surface area contributed by atoms with Gasteiger partial charge in [-0.15, -0.1) is 11.8 Å². The van der Waals surface area contributed by atoms with Crippen molar-refractivity contribution >= 4 is 81.0 Å². The van der Waals surface area contributed by atoms with Crippen LogP contribution in [0.5, 0.6) is 5.75 Å². The maximum absolute atomic E-state index is 13.3. The Morgan fingerprint density at radius 2 is 1.94 bits per heavy atom. The lowest BCUT2D eigenvalue weighted by atomic mass is 10.0. The van der Waals surface area contributed by atoms with Crippen LogP contribution in [-0.2, 0) is 24.0 Å². The first-order chi connectivity index (χ1) is 25.1. The molecule has 1 unspecified atom stereocenters. The van der Waals surface area contributed by atoms with Crippen molar-refractivity contribution in [2.24, 2.45) is 15.9 Å². The lowest BCUT2D eigenvalue weighted by Crippen LogP contribution is -2.71. The normalized spacial score (nSPS) is 19.0. The first-order valence-corrected chi connectivity index (χ1v) is 17.3. The largest absolute Gasteiger partial charge is 0.503 e. The number of nitrogen functional groups attached to an aromatic ring is 1. The van der Waals surface area contributed by atoms with Crippen LogP contribution in [-0.4, -0.2) is 131 Å². The van der Waals surface area contributed by atoms with Crippen LogP contribution >= 0.6 is 34.7 Å². The Morgan fingerprint density at radius 3 is 2.60 bits per heavy atom. The number of aromatic nitrogens is 2. The molecular formula is C28H30ClN11O11S2. The lowest BCUT2D eigenvalue weighted by molar-refractivity contribution is -0.150. The molecule has 282 valence electrons. The van der Waals surface area contributed by atoms with Crippen LogP contribution < -0.4 is 32.8 Å². The maximum Gasteiger partial charge on any atom is 0.352 e. The predicted octanol–water partition coefficient (Wildman–Crippen LogP) is -2.09. The average Bonchev–Trinajstić information content (AvgIpc) is 3.44. The van der Waals surface area contributed by atoms with Gasteiger partial charge in [0.25, 0.3) is 17.7 Å². The Kier molecular flexibility index (Phi) is 11.3. The molecule has 25 heteroatoms. The van der Waals surface area contributed by atoms with Gasteiger partial charge in [-0.2, -0.15) is 4.73 Å². The Labute approximate surface area is 310 Å². The van der Waals surface area contributed by atoms with Crippen LogP contribution in [0.2, 0.25) is 4.34 Å². The molecule has 2 aromatic rings. The number of hydrogen-bond acceptors (Lipinski definition) is 18. The molecule has 53 heavy (non-hydrogen) atoms. The number of nitrogens with zero attached hydrogens (tertiary/aromatic N) is 6. The molecule has 3 aliphatic rings. The van der Waals surface area contributed by atoms with E-state index < -0.39 is 69.8 Å². The average molecular weight is 796 g/mol. The summed E-state index contributed by atoms with van der Waals surface area (Å²) in [7, 11) is 0. The molecule has 2 aromatic heterocycles. The number of nitrogens with one attached hydrogen (secondary N) is 3. The van der Waals surface area contributed by atoms with Crippen molar-refractivity contribution in [3.05, 3.63) is 61.4 Å². The fourth-order valence-electron chi connectivity index (χ4n) is 5.01. The van der Waals surface area contributed by atoms with Gasteiger partial charge in [-0.25, -0.2) is 19.6 Å². The van der Waals surface area contributed by atoms with Gasteiger partial charge in [-0.1, -0.05) is 28.1 Å². The number of thioether (sulfide) groups is 1. The molecule has 0 saturated carbocycles. The van der Waals surface area contributed by atoms with E-state index in [-0.39, 0.29) is 58.8 Å². The van der Waals surface area contributed by atoms with Crippen molar-refractivity contribution in [1.29, 1.82) is 0 Å². The van der Waals surface area contributed by atoms with E-state index in [1.807, 2.05) is 0 Å². The van der Waals surface area contributed by atoms with Crippen molar-refractivity contribution in [2.45, 2.75) is 24.4 Å². The topological polar surface area (TPSA) is 330 Å². The predicted molar refractivity (Wildman–Crippen MR) is 187 cm³/mol. The molecule has 22 nitrogen and oxygen atoms in total. The number of pyridine rings is 1. The van der Waals surface area contributed by atoms with Gasteiger partial charge in [-0.3, -0.25) is 24.1 Å². The van der Waals surface area contributed by atoms with E-state index in [9.17, 15) is 44.2 Å². The summed E-state index contributed by atoms with van der Waals surface area (Å²) in [4.78, 5) is 90.2. The van der Waals surface area contributed by atoms with Crippen LogP contribution in [0, 0.1) is 0 Å². The Hall–Kier alpha value is -6.01. The van der Waals surface area contributed by atoms with Crippen molar-refractivity contribution in [2.75, 3.05) is 37.8 Å². The molecule has 3 amide bonds. The van der Waals surface area contributed by atoms with Crippen LogP contribution in [0.25, 0.3) is 0 Å². The molecule has 1 saturated heterocycles. The lowest BCUT2D eigenvalue weighted by Gasteiger charge is -2.49. The molecule has 1 fully saturated rings. The van der Waals surface area contributed by atoms with Gasteiger partial charge >= 0.3 is 11.9 Å². The second kappa shape index (κ2) is 15.7. The van der Waals surface area contributed by atoms with E-state index in [4.69, 9.17) is 33.0 Å². The third-order valence-electron chi connectivity index (χ3n) is 7.60. The SMILES string of the molecule is C[C@H](O/N=C(\C(=O)N[C@@H]1C(=O)N2C(C(=O)O)=C(CN3C=C(NCCNC(=O)c4cc(=O)c(O)cn4O)C(N)=NC3)CSC12)c1nc(N)sc1Cl)C(=O)O. The number of anilines is 1. The smallest absolute Gasteiger partial charge is 0.352 e. The van der Waals surface area contributed by atoms with E-state index in [1.54, 1.807) is 11.1 Å². The van der Waals surface area contributed by atoms with Crippen LogP contribution in [0.4, 0.5) is 5.13 Å². The highest BCUT2D eigenvalue weighted by atomic mass is 35.5. The number of carboxylic acids is 2. The molecule has 5 heterocycles. The van der Waals surface area contributed by atoms with Crippen molar-refractivity contribution in [1.82, 2.24) is 35.5 Å². The maximum atomic E-state index is 13.3. The molecule has 0 aliphatic carbocycles. The van der Waals surface area contributed by atoms with Crippen LogP contribution in [0.15, 0.2) is 50.4 Å². The molecule has 3 atom stereocenters. The highest BCUT2D eigenvalue weighted by Gasteiger charge is 2.54. The number of aromatic hydroxyl groups is 1. The van der Waals surface area contributed by atoms with Gasteiger partial charge in [0.15, 0.2) is 16.6 Å². The number of hydrogen-bond donors (Lipinski definition) is 9. The van der Waals surface area contributed by atoms with E-state index in [1.165, 1.54) is 18.7 Å². The first kappa shape index (κ1) is 38.2. The van der Waals surface area contributed by atoms with E-state index in [0.717, 1.165) is 22.3 Å². The number of amides is 3. The second-order valence-corrected chi connectivity index (χ2v) is 14.0. The summed E-state index contributed by atoms with van der Waals surface area (Å²) in [5.74, 6) is -5.75. The van der Waals surface area contributed by atoms with Crippen molar-refractivity contribution in [3.63, 3.8) is 0 Å². The summed E-state index contributed by atoms with van der Waals surface area (Å²) in [5.41, 5.74) is 10.1. The van der Waals surface area contributed by atoms with Crippen LogP contribution in [0.3, 0.4) is 0 Å². The van der Waals surface area contributed by atoms with E-state index in [2.05, 4.69) is 31.1 Å². The summed E-state index contributed by atoms with van der Waals surface area (Å²) in [6.07, 6.45) is 0.820. The van der Waals surface area contributed by atoms with E-state index >= 15 is 0 Å². The third-order valence-corrected chi connectivity index (χ3v) is 10.0. The number of carboxylic acid groups (broad SMARTS) is 2. The van der Waals surface area contributed by atoms with Gasteiger partial charge in [0.1, 0.15) is 45.3 Å². The summed E-state index contributed by atoms with van der Waals surface area (Å²) in [6.45, 7) is 1.36. The van der Waals surface area contributed by atoms with Gasteiger partial charge in [0.05, 0.1) is 11.9 Å². The zero-order chi connectivity index (χ0) is 38.7. The summed E-state index contributed by atoms with van der Waals surface area (Å²) < 4.78 is 0.262. The van der Waals surface area contributed by atoms with Crippen molar-refractivity contribution < 1.29 is 49.3 Å². The molecule has 11 N–H and O–H groups in total. The number of fused-ring (bicyclic) bond motifs is 1. The monoisotopic (exact) mass is 795 g/mol. The molecule has 0 spiro atoms. The van der Waals surface area contributed by atoms with E-state index in [0.29, 0.717) is 22.2 Å². The molecule has 0 bridgehead atoms. The number of nitrogens with two attached hydrogens (primary N) is 2. The first-order valence-electron chi connectivity index (χ1n) is 15.1. The zero-order valence-electron chi connectivity index (χ0n) is 27.2. The fraction of sp³-hybridized carbons (Fsp3) is 0.321. The number of amidine groups is 1. The number of carbonyl (C=O) groups excluding carboxylic acids is 3. The van der Waals surface area contributed by atoms with Crippen LogP contribution in [0.1, 0.15) is 23.1 Å². The Balaban J connectivity index is 1.23. The zero-order valence-corrected chi connectivity index (χ0v) is 29.6. The highest BCUT2D eigenvalue weighted by Crippen LogP contribution is 2.41. The summed E-state index contributed by atoms with van der Waals surface area (Å²) in [5, 5.41) is 49.2. The van der Waals surface area contributed by atoms with Gasteiger partial charge in [0, 0.05) is 37.7 Å². The number of oxime groups is 1. The standard InChI is InChI=1S/C28H30ClN11O11S2/c1-10(26(46)47)51-37-17(16-20(29)53-28(31)36-16)23(44)35-18-24(45)40-19(27(48)49)11(8-52-25(18)40)5-38-6-12(21(30)34-9-38)32-2-3-33-22(43)13-4-14(41)15(42)7-39(13)50/h4,6-7,10,18,25,32,42,50H,2-3,5,8-9H2,1H3,(H2,30,34)(H2,31,36)(H,33,43)(H,35,44)(H,46,47)(H,48,49)/b37-17-/t10-,18+,25?/m0/s1. The van der Waals surface area contributed by atoms with Crippen molar-refractivity contribution in [3.8, 4) is 5.75 Å². The number of halogens is 1. The Bertz CT molecular complexity index is 2060. The summed E-state index contributed by atoms with van der Waals surface area (Å²) >= 11 is 8.16. The number of rotatable bonds is 14. The molecule has 0 radical (unpaired) electrons. The Morgan fingerprint density at radius 1 is 1.21 bits per heavy atom. The summed E-state index contributed by atoms with van der Waals surface area (Å²) in [6, 6.07) is -0.430. The molecule has 0 aromatic carbocycles. The quantitative estimate of drug-likeness (QED) is 0.0325. The number of β-lactam (4-membered cyclic amide) rings is 1. The minimum absolute atomic E-state index is 0.00629. The number of thiazole rings is 1. The number of aliphatic imine (C=N–C) groups is 1. The molecule has 5 rings (SSSR count). The fourth-order valence-corrected chi connectivity index (χ4v) is 7.28. The third kappa shape index (κ3) is 8.23. The van der Waals surface area contributed by atoms with Gasteiger partial charge in [0.2, 0.25) is 11.5 Å². The number of carbonyl (C=O) groups is 5.